The van der Waals surface area contributed by atoms with Crippen LogP contribution in [0.3, 0.4) is 0 Å². The van der Waals surface area contributed by atoms with Gasteiger partial charge >= 0.3 is 0 Å². The summed E-state index contributed by atoms with van der Waals surface area (Å²) in [4.78, 5) is 5.64. The van der Waals surface area contributed by atoms with Crippen LogP contribution in [0.15, 0.2) is 16.0 Å². The largest absolute Gasteiger partial charge is 0.466 e. The first-order valence-electron chi connectivity index (χ1n) is 6.27. The Bertz CT molecular complexity index is 516. The van der Waals surface area contributed by atoms with E-state index < -0.39 is 0 Å². The molecule has 2 heterocycles. The minimum absolute atomic E-state index is 0.329. The molecule has 0 aliphatic rings. The number of thiazole rings is 1. The van der Waals surface area contributed by atoms with Gasteiger partial charge in [-0.15, -0.1) is 11.3 Å². The standard InChI is InChI=1S/C14H20N2OS/c1-9-7-13(12(4)17-9)10(2)15-6-5-14-11(3)16-8-18-14/h7-8,10,15H,5-6H2,1-4H3. The lowest BCUT2D eigenvalue weighted by atomic mass is 10.1. The van der Waals surface area contributed by atoms with Crippen molar-refractivity contribution in [3.8, 4) is 0 Å². The predicted molar refractivity (Wildman–Crippen MR) is 75.2 cm³/mol. The van der Waals surface area contributed by atoms with Crippen molar-refractivity contribution in [2.24, 2.45) is 0 Å². The van der Waals surface area contributed by atoms with Gasteiger partial charge in [0.15, 0.2) is 0 Å². The highest BCUT2D eigenvalue weighted by atomic mass is 32.1. The summed E-state index contributed by atoms with van der Waals surface area (Å²) in [6.07, 6.45) is 1.04. The van der Waals surface area contributed by atoms with Crippen molar-refractivity contribution in [2.75, 3.05) is 6.54 Å². The molecule has 98 valence electrons. The van der Waals surface area contributed by atoms with E-state index in [-0.39, 0.29) is 0 Å². The Morgan fingerprint density at radius 1 is 1.39 bits per heavy atom. The van der Waals surface area contributed by atoms with Crippen LogP contribution >= 0.6 is 11.3 Å². The maximum absolute atomic E-state index is 5.56. The molecule has 0 radical (unpaired) electrons. The van der Waals surface area contributed by atoms with E-state index in [2.05, 4.69) is 30.2 Å². The van der Waals surface area contributed by atoms with Crippen LogP contribution in [0.5, 0.6) is 0 Å². The number of furan rings is 1. The number of rotatable bonds is 5. The lowest BCUT2D eigenvalue weighted by molar-refractivity contribution is 0.490. The first-order valence-corrected chi connectivity index (χ1v) is 7.15. The van der Waals surface area contributed by atoms with Gasteiger partial charge in [-0.1, -0.05) is 0 Å². The van der Waals surface area contributed by atoms with E-state index in [1.54, 1.807) is 11.3 Å². The second-order valence-electron chi connectivity index (χ2n) is 4.66. The van der Waals surface area contributed by atoms with Crippen molar-refractivity contribution in [3.63, 3.8) is 0 Å². The monoisotopic (exact) mass is 264 g/mol. The van der Waals surface area contributed by atoms with Gasteiger partial charge in [0.2, 0.25) is 0 Å². The van der Waals surface area contributed by atoms with Crippen LogP contribution in [-0.4, -0.2) is 11.5 Å². The summed E-state index contributed by atoms with van der Waals surface area (Å²) in [7, 11) is 0. The molecule has 2 aromatic heterocycles. The van der Waals surface area contributed by atoms with E-state index in [1.165, 1.54) is 10.4 Å². The van der Waals surface area contributed by atoms with Crippen molar-refractivity contribution >= 4 is 11.3 Å². The van der Waals surface area contributed by atoms with Crippen LogP contribution in [0.4, 0.5) is 0 Å². The van der Waals surface area contributed by atoms with E-state index >= 15 is 0 Å². The van der Waals surface area contributed by atoms with Gasteiger partial charge in [-0.05, 0) is 40.2 Å². The normalized spacial score (nSPS) is 12.9. The zero-order chi connectivity index (χ0) is 13.1. The van der Waals surface area contributed by atoms with Gasteiger partial charge in [0.25, 0.3) is 0 Å². The molecular formula is C14H20N2OS. The molecule has 0 fully saturated rings. The third kappa shape index (κ3) is 3.00. The van der Waals surface area contributed by atoms with Crippen molar-refractivity contribution in [1.29, 1.82) is 0 Å². The fourth-order valence-electron chi connectivity index (χ4n) is 2.16. The van der Waals surface area contributed by atoms with E-state index in [0.717, 1.165) is 30.2 Å². The molecule has 1 N–H and O–H groups in total. The molecule has 3 nitrogen and oxygen atoms in total. The maximum Gasteiger partial charge on any atom is 0.105 e. The summed E-state index contributed by atoms with van der Waals surface area (Å²) in [6.45, 7) is 9.22. The average molecular weight is 264 g/mol. The Balaban J connectivity index is 1.87. The molecule has 1 unspecified atom stereocenters. The summed E-state index contributed by atoms with van der Waals surface area (Å²) in [5.41, 5.74) is 4.33. The summed E-state index contributed by atoms with van der Waals surface area (Å²) < 4.78 is 5.56. The van der Waals surface area contributed by atoms with Crippen LogP contribution in [-0.2, 0) is 6.42 Å². The quantitative estimate of drug-likeness (QED) is 0.897. The van der Waals surface area contributed by atoms with E-state index in [4.69, 9.17) is 4.42 Å². The second-order valence-corrected chi connectivity index (χ2v) is 5.59. The smallest absolute Gasteiger partial charge is 0.105 e. The zero-order valence-corrected chi connectivity index (χ0v) is 12.2. The fourth-order valence-corrected chi connectivity index (χ4v) is 2.94. The van der Waals surface area contributed by atoms with Gasteiger partial charge in [0, 0.05) is 23.0 Å². The zero-order valence-electron chi connectivity index (χ0n) is 11.4. The lowest BCUT2D eigenvalue weighted by Gasteiger charge is -2.12. The molecule has 0 aromatic carbocycles. The Morgan fingerprint density at radius 3 is 2.72 bits per heavy atom. The molecule has 0 spiro atoms. The average Bonchev–Trinajstić information content (AvgIpc) is 2.85. The number of hydrogen-bond donors (Lipinski definition) is 1. The molecule has 0 aliphatic heterocycles. The van der Waals surface area contributed by atoms with Crippen LogP contribution < -0.4 is 5.32 Å². The minimum Gasteiger partial charge on any atom is -0.466 e. The van der Waals surface area contributed by atoms with Crippen LogP contribution in [0.2, 0.25) is 0 Å². The maximum atomic E-state index is 5.56. The highest BCUT2D eigenvalue weighted by Gasteiger charge is 2.12. The van der Waals surface area contributed by atoms with Crippen molar-refractivity contribution in [3.05, 3.63) is 39.2 Å². The van der Waals surface area contributed by atoms with Gasteiger partial charge in [-0.2, -0.15) is 0 Å². The molecule has 1 atom stereocenters. The van der Waals surface area contributed by atoms with Gasteiger partial charge in [0.05, 0.1) is 11.2 Å². The van der Waals surface area contributed by atoms with Crippen molar-refractivity contribution < 1.29 is 4.42 Å². The first kappa shape index (κ1) is 13.3. The SMILES string of the molecule is Cc1cc(C(C)NCCc2scnc2C)c(C)o1. The molecule has 0 saturated heterocycles. The number of aryl methyl sites for hydroxylation is 3. The molecule has 2 rings (SSSR count). The molecular weight excluding hydrogens is 244 g/mol. The van der Waals surface area contributed by atoms with Gasteiger partial charge in [-0.3, -0.25) is 0 Å². The first-order chi connectivity index (χ1) is 8.58. The molecule has 2 aromatic rings. The molecule has 0 aliphatic carbocycles. The predicted octanol–water partition coefficient (Wildman–Crippen LogP) is 3.55. The lowest BCUT2D eigenvalue weighted by Crippen LogP contribution is -2.21. The summed E-state index contributed by atoms with van der Waals surface area (Å²) in [5, 5.41) is 3.54. The van der Waals surface area contributed by atoms with Gasteiger partial charge in [-0.25, -0.2) is 4.98 Å². The summed E-state index contributed by atoms with van der Waals surface area (Å²) in [6, 6.07) is 2.45. The van der Waals surface area contributed by atoms with Gasteiger partial charge < -0.3 is 9.73 Å². The number of nitrogens with zero attached hydrogens (tertiary/aromatic N) is 1. The molecule has 0 saturated carbocycles. The molecule has 4 heteroatoms. The highest BCUT2D eigenvalue weighted by Crippen LogP contribution is 2.21. The van der Waals surface area contributed by atoms with Crippen LogP contribution in [0.25, 0.3) is 0 Å². The molecule has 0 bridgehead atoms. The summed E-state index contributed by atoms with van der Waals surface area (Å²) in [5.74, 6) is 2.00. The Morgan fingerprint density at radius 2 is 2.17 bits per heavy atom. The van der Waals surface area contributed by atoms with Gasteiger partial charge in [0.1, 0.15) is 11.5 Å². The van der Waals surface area contributed by atoms with Crippen molar-refractivity contribution in [2.45, 2.75) is 40.2 Å². The van der Waals surface area contributed by atoms with Crippen LogP contribution in [0.1, 0.15) is 40.6 Å². The molecule has 18 heavy (non-hydrogen) atoms. The highest BCUT2D eigenvalue weighted by molar-refractivity contribution is 7.09. The van der Waals surface area contributed by atoms with E-state index in [9.17, 15) is 0 Å². The Hall–Kier alpha value is -1.13. The minimum atomic E-state index is 0.329. The third-order valence-electron chi connectivity index (χ3n) is 3.19. The molecule has 0 amide bonds. The van der Waals surface area contributed by atoms with E-state index in [0.29, 0.717) is 6.04 Å². The fraction of sp³-hybridized carbons (Fsp3) is 0.500. The second kappa shape index (κ2) is 5.67. The third-order valence-corrected chi connectivity index (χ3v) is 4.19. The van der Waals surface area contributed by atoms with E-state index in [1.807, 2.05) is 19.4 Å². The van der Waals surface area contributed by atoms with Crippen molar-refractivity contribution in [1.82, 2.24) is 10.3 Å². The number of hydrogen-bond acceptors (Lipinski definition) is 4. The number of aromatic nitrogens is 1. The Labute approximate surface area is 112 Å². The summed E-state index contributed by atoms with van der Waals surface area (Å²) >= 11 is 1.73. The topological polar surface area (TPSA) is 38.1 Å². The number of nitrogens with one attached hydrogen (secondary N) is 1. The van der Waals surface area contributed by atoms with Crippen LogP contribution in [0, 0.1) is 20.8 Å². The Kier molecular flexibility index (Phi) is 4.19.